The Morgan fingerprint density at radius 2 is 1.78 bits per heavy atom. The van der Waals surface area contributed by atoms with Crippen LogP contribution in [0.4, 0.5) is 16.2 Å². The standard InChI is InChI=1S/C16H25FN6/c1-20-6-7-21-8-9-23(12-13(21)11-20)16-18-10-14(17)15(19-16)22-4-2-3-5-22/h10,13H,2-9,11-12H2,1H3/t13-/m0/s1. The van der Waals surface area contributed by atoms with E-state index in [0.717, 1.165) is 65.2 Å². The zero-order valence-electron chi connectivity index (χ0n) is 13.8. The molecule has 1 aromatic heterocycles. The van der Waals surface area contributed by atoms with E-state index in [9.17, 15) is 4.39 Å². The summed E-state index contributed by atoms with van der Waals surface area (Å²) in [5.74, 6) is 0.864. The van der Waals surface area contributed by atoms with Crippen LogP contribution in [0.15, 0.2) is 6.20 Å². The highest BCUT2D eigenvalue weighted by atomic mass is 19.1. The molecule has 0 bridgehead atoms. The van der Waals surface area contributed by atoms with Crippen molar-refractivity contribution in [2.75, 3.05) is 69.2 Å². The number of rotatable bonds is 2. The molecule has 3 aliphatic heterocycles. The van der Waals surface area contributed by atoms with Crippen molar-refractivity contribution < 1.29 is 4.39 Å². The second kappa shape index (κ2) is 6.20. The van der Waals surface area contributed by atoms with Gasteiger partial charge in [0.05, 0.1) is 6.20 Å². The van der Waals surface area contributed by atoms with Gasteiger partial charge in [-0.3, -0.25) is 4.90 Å². The van der Waals surface area contributed by atoms with E-state index in [4.69, 9.17) is 0 Å². The number of fused-ring (bicyclic) bond motifs is 1. The number of hydrogen-bond acceptors (Lipinski definition) is 6. The third-order valence-electron chi connectivity index (χ3n) is 5.30. The van der Waals surface area contributed by atoms with Gasteiger partial charge in [-0.1, -0.05) is 0 Å². The number of piperazine rings is 2. The first-order valence-corrected chi connectivity index (χ1v) is 8.66. The molecule has 3 fully saturated rings. The van der Waals surface area contributed by atoms with Gasteiger partial charge in [0.15, 0.2) is 11.6 Å². The van der Waals surface area contributed by atoms with Crippen molar-refractivity contribution in [3.63, 3.8) is 0 Å². The van der Waals surface area contributed by atoms with Crippen LogP contribution in [0.2, 0.25) is 0 Å². The Bertz CT molecular complexity index is 562. The van der Waals surface area contributed by atoms with Gasteiger partial charge >= 0.3 is 0 Å². The molecule has 126 valence electrons. The summed E-state index contributed by atoms with van der Waals surface area (Å²) in [6, 6.07) is 0.520. The van der Waals surface area contributed by atoms with Gasteiger partial charge in [-0.2, -0.15) is 4.98 Å². The van der Waals surface area contributed by atoms with Gasteiger partial charge in [0.1, 0.15) is 0 Å². The van der Waals surface area contributed by atoms with Gasteiger partial charge < -0.3 is 14.7 Å². The van der Waals surface area contributed by atoms with E-state index in [0.29, 0.717) is 17.8 Å². The van der Waals surface area contributed by atoms with Crippen LogP contribution in [-0.2, 0) is 0 Å². The molecule has 0 radical (unpaired) electrons. The fraction of sp³-hybridized carbons (Fsp3) is 0.750. The normalized spacial score (nSPS) is 26.6. The van der Waals surface area contributed by atoms with E-state index >= 15 is 0 Å². The van der Waals surface area contributed by atoms with E-state index in [2.05, 4.69) is 31.7 Å². The first kappa shape index (κ1) is 15.1. The van der Waals surface area contributed by atoms with E-state index < -0.39 is 0 Å². The first-order chi connectivity index (χ1) is 11.2. The van der Waals surface area contributed by atoms with Crippen molar-refractivity contribution in [2.24, 2.45) is 0 Å². The van der Waals surface area contributed by atoms with Crippen LogP contribution in [0.25, 0.3) is 0 Å². The van der Waals surface area contributed by atoms with Crippen LogP contribution in [-0.4, -0.2) is 85.2 Å². The molecule has 0 spiro atoms. The average Bonchev–Trinajstić information content (AvgIpc) is 3.09. The predicted octanol–water partition coefficient (Wildman–Crippen LogP) is 0.652. The lowest BCUT2D eigenvalue weighted by molar-refractivity contribution is 0.0802. The second-order valence-electron chi connectivity index (χ2n) is 6.93. The van der Waals surface area contributed by atoms with E-state index in [1.165, 1.54) is 6.20 Å². The third kappa shape index (κ3) is 2.99. The molecule has 0 saturated carbocycles. The van der Waals surface area contributed by atoms with Gasteiger partial charge in [0.25, 0.3) is 0 Å². The quantitative estimate of drug-likeness (QED) is 0.797. The molecule has 0 unspecified atom stereocenters. The molecule has 7 heteroatoms. The molecule has 0 amide bonds. The highest BCUT2D eigenvalue weighted by molar-refractivity contribution is 5.46. The summed E-state index contributed by atoms with van der Waals surface area (Å²) in [5, 5.41) is 0. The third-order valence-corrected chi connectivity index (χ3v) is 5.30. The number of likely N-dealkylation sites (N-methyl/N-ethyl adjacent to an activating group) is 1. The maximum atomic E-state index is 14.1. The maximum absolute atomic E-state index is 14.1. The molecule has 0 aromatic carbocycles. The van der Waals surface area contributed by atoms with E-state index in [1.54, 1.807) is 0 Å². The van der Waals surface area contributed by atoms with Crippen LogP contribution in [0.5, 0.6) is 0 Å². The van der Waals surface area contributed by atoms with Gasteiger partial charge in [-0.15, -0.1) is 0 Å². The van der Waals surface area contributed by atoms with Crippen molar-refractivity contribution in [3.8, 4) is 0 Å². The minimum atomic E-state index is -0.299. The topological polar surface area (TPSA) is 38.7 Å². The Labute approximate surface area is 136 Å². The SMILES string of the molecule is CN1CCN2CCN(c3ncc(F)c(N4CCCC4)n3)C[C@@H]2C1. The first-order valence-electron chi connectivity index (χ1n) is 8.66. The van der Waals surface area contributed by atoms with Crippen LogP contribution >= 0.6 is 0 Å². The van der Waals surface area contributed by atoms with Gasteiger partial charge in [-0.05, 0) is 19.9 Å². The van der Waals surface area contributed by atoms with Gasteiger partial charge in [0.2, 0.25) is 5.95 Å². The summed E-state index contributed by atoms with van der Waals surface area (Å²) in [5.41, 5.74) is 0. The van der Waals surface area contributed by atoms with Gasteiger partial charge in [0, 0.05) is 58.4 Å². The summed E-state index contributed by atoms with van der Waals surface area (Å²) in [7, 11) is 2.18. The van der Waals surface area contributed by atoms with E-state index in [1.807, 2.05) is 4.90 Å². The van der Waals surface area contributed by atoms with Crippen molar-refractivity contribution in [1.82, 2.24) is 19.8 Å². The van der Waals surface area contributed by atoms with Crippen LogP contribution in [0.1, 0.15) is 12.8 Å². The Morgan fingerprint density at radius 3 is 2.61 bits per heavy atom. The van der Waals surface area contributed by atoms with E-state index in [-0.39, 0.29) is 5.82 Å². The summed E-state index contributed by atoms with van der Waals surface area (Å²) >= 11 is 0. The zero-order chi connectivity index (χ0) is 15.8. The molecule has 0 N–H and O–H groups in total. The molecular formula is C16H25FN6. The molecule has 1 atom stereocenters. The maximum Gasteiger partial charge on any atom is 0.227 e. The molecule has 3 aliphatic rings. The number of hydrogen-bond donors (Lipinski definition) is 0. The number of aromatic nitrogens is 2. The summed E-state index contributed by atoms with van der Waals surface area (Å²) in [6.45, 7) is 8.04. The molecule has 23 heavy (non-hydrogen) atoms. The van der Waals surface area contributed by atoms with Crippen molar-refractivity contribution in [1.29, 1.82) is 0 Å². The number of anilines is 2. The highest BCUT2D eigenvalue weighted by Crippen LogP contribution is 2.24. The molecule has 6 nitrogen and oxygen atoms in total. The average molecular weight is 320 g/mol. The minimum Gasteiger partial charge on any atom is -0.354 e. The zero-order valence-corrected chi connectivity index (χ0v) is 13.8. The fourth-order valence-corrected chi connectivity index (χ4v) is 3.94. The Balaban J connectivity index is 1.52. The minimum absolute atomic E-state index is 0.299. The molecule has 4 heterocycles. The largest absolute Gasteiger partial charge is 0.354 e. The lowest BCUT2D eigenvalue weighted by atomic mass is 10.1. The highest BCUT2D eigenvalue weighted by Gasteiger charge is 2.32. The lowest BCUT2D eigenvalue weighted by Gasteiger charge is -2.46. The summed E-state index contributed by atoms with van der Waals surface area (Å²) in [6.07, 6.45) is 3.58. The summed E-state index contributed by atoms with van der Waals surface area (Å²) in [4.78, 5) is 18.0. The number of halogens is 1. The predicted molar refractivity (Wildman–Crippen MR) is 88.5 cm³/mol. The molecular weight excluding hydrogens is 295 g/mol. The van der Waals surface area contributed by atoms with Crippen LogP contribution in [0, 0.1) is 5.82 Å². The van der Waals surface area contributed by atoms with Gasteiger partial charge in [-0.25, -0.2) is 9.37 Å². The van der Waals surface area contributed by atoms with Crippen LogP contribution in [0.3, 0.4) is 0 Å². The Morgan fingerprint density at radius 1 is 1.00 bits per heavy atom. The second-order valence-corrected chi connectivity index (χ2v) is 6.93. The van der Waals surface area contributed by atoms with Crippen molar-refractivity contribution in [3.05, 3.63) is 12.0 Å². The van der Waals surface area contributed by atoms with Crippen LogP contribution < -0.4 is 9.80 Å². The molecule has 4 rings (SSSR count). The number of nitrogens with zero attached hydrogens (tertiary/aromatic N) is 6. The molecule has 1 aromatic rings. The Kier molecular flexibility index (Phi) is 4.07. The summed E-state index contributed by atoms with van der Waals surface area (Å²) < 4.78 is 14.1. The molecule has 3 saturated heterocycles. The fourth-order valence-electron chi connectivity index (χ4n) is 3.94. The monoisotopic (exact) mass is 320 g/mol. The molecule has 0 aliphatic carbocycles. The lowest BCUT2D eigenvalue weighted by Crippen LogP contribution is -2.61. The van der Waals surface area contributed by atoms with Crippen molar-refractivity contribution in [2.45, 2.75) is 18.9 Å². The van der Waals surface area contributed by atoms with Crippen molar-refractivity contribution >= 4 is 11.8 Å². The Hall–Kier alpha value is -1.47. The smallest absolute Gasteiger partial charge is 0.227 e.